The quantitative estimate of drug-likeness (QED) is 0.764. The molecule has 0 atom stereocenters. The first-order chi connectivity index (χ1) is 8.15. The smallest absolute Gasteiger partial charge is 0.251 e. The van der Waals surface area contributed by atoms with Crippen LogP contribution in [0, 0.1) is 18.3 Å². The third-order valence-electron chi connectivity index (χ3n) is 2.47. The van der Waals surface area contributed by atoms with E-state index in [-0.39, 0.29) is 11.7 Å². The summed E-state index contributed by atoms with van der Waals surface area (Å²) in [6.45, 7) is 2.33. The van der Waals surface area contributed by atoms with Crippen molar-refractivity contribution < 1.29 is 9.90 Å². The molecule has 4 heteroatoms. The lowest BCUT2D eigenvalue weighted by molar-refractivity contribution is 0.0952. The minimum Gasteiger partial charge on any atom is -0.508 e. The van der Waals surface area contributed by atoms with Crippen molar-refractivity contribution in [1.82, 2.24) is 5.32 Å². The molecule has 17 heavy (non-hydrogen) atoms. The van der Waals surface area contributed by atoms with Crippen LogP contribution in [0.25, 0.3) is 0 Å². The van der Waals surface area contributed by atoms with Crippen LogP contribution in [0.2, 0.25) is 0 Å². The monoisotopic (exact) mass is 232 g/mol. The van der Waals surface area contributed by atoms with Crippen molar-refractivity contribution in [2.45, 2.75) is 26.2 Å². The van der Waals surface area contributed by atoms with E-state index in [1.54, 1.807) is 19.1 Å². The number of aryl methyl sites for hydroxylation is 1. The van der Waals surface area contributed by atoms with Crippen molar-refractivity contribution in [1.29, 1.82) is 5.26 Å². The molecule has 0 aliphatic rings. The van der Waals surface area contributed by atoms with Gasteiger partial charge in [-0.2, -0.15) is 5.26 Å². The summed E-state index contributed by atoms with van der Waals surface area (Å²) in [7, 11) is 0. The van der Waals surface area contributed by atoms with Crippen LogP contribution in [0.4, 0.5) is 0 Å². The Morgan fingerprint density at radius 1 is 1.47 bits per heavy atom. The number of hydrogen-bond donors (Lipinski definition) is 2. The predicted molar refractivity (Wildman–Crippen MR) is 64.6 cm³/mol. The van der Waals surface area contributed by atoms with Crippen LogP contribution in [0.3, 0.4) is 0 Å². The van der Waals surface area contributed by atoms with Crippen LogP contribution in [0.1, 0.15) is 35.2 Å². The standard InChI is InChI=1S/C13H16N2O2/c1-10-5-6-11(9-12(10)16)13(17)15-8-4-2-3-7-14/h5-6,9,16H,2-4,8H2,1H3,(H,15,17). The normalized spacial score (nSPS) is 9.65. The number of rotatable bonds is 5. The molecule has 1 amide bonds. The van der Waals surface area contributed by atoms with Crippen LogP contribution in [-0.4, -0.2) is 17.6 Å². The van der Waals surface area contributed by atoms with Crippen LogP contribution < -0.4 is 5.32 Å². The molecule has 1 aromatic carbocycles. The van der Waals surface area contributed by atoms with E-state index in [4.69, 9.17) is 5.26 Å². The number of nitrogens with zero attached hydrogens (tertiary/aromatic N) is 1. The first kappa shape index (κ1) is 13.0. The number of phenols is 1. The summed E-state index contributed by atoms with van der Waals surface area (Å²) in [6, 6.07) is 6.90. The highest BCUT2D eigenvalue weighted by molar-refractivity contribution is 5.94. The fourth-order valence-corrected chi connectivity index (χ4v) is 1.38. The van der Waals surface area contributed by atoms with E-state index < -0.39 is 0 Å². The fraction of sp³-hybridized carbons (Fsp3) is 0.385. The molecule has 0 saturated carbocycles. The molecule has 0 saturated heterocycles. The number of unbranched alkanes of at least 4 members (excludes halogenated alkanes) is 2. The van der Waals surface area contributed by atoms with Crippen molar-refractivity contribution >= 4 is 5.91 Å². The fourth-order valence-electron chi connectivity index (χ4n) is 1.38. The van der Waals surface area contributed by atoms with Crippen molar-refractivity contribution in [2.24, 2.45) is 0 Å². The average molecular weight is 232 g/mol. The zero-order chi connectivity index (χ0) is 12.7. The molecule has 0 radical (unpaired) electrons. The summed E-state index contributed by atoms with van der Waals surface area (Å²) in [5.74, 6) is -0.0700. The summed E-state index contributed by atoms with van der Waals surface area (Å²) in [5.41, 5.74) is 1.20. The maximum atomic E-state index is 11.7. The van der Waals surface area contributed by atoms with Crippen molar-refractivity contribution in [3.05, 3.63) is 29.3 Å². The maximum Gasteiger partial charge on any atom is 0.251 e. The van der Waals surface area contributed by atoms with E-state index in [2.05, 4.69) is 11.4 Å². The largest absolute Gasteiger partial charge is 0.508 e. The van der Waals surface area contributed by atoms with Gasteiger partial charge in [0.15, 0.2) is 0 Å². The van der Waals surface area contributed by atoms with E-state index in [0.29, 0.717) is 18.5 Å². The molecule has 0 aliphatic heterocycles. The van der Waals surface area contributed by atoms with Crippen LogP contribution >= 0.6 is 0 Å². The molecule has 0 spiro atoms. The summed E-state index contributed by atoms with van der Waals surface area (Å²) in [5, 5.41) is 20.6. The average Bonchev–Trinajstić information content (AvgIpc) is 2.32. The SMILES string of the molecule is Cc1ccc(C(=O)NCCCCC#N)cc1O. The van der Waals surface area contributed by atoms with Gasteiger partial charge >= 0.3 is 0 Å². The molecule has 4 nitrogen and oxygen atoms in total. The molecular formula is C13H16N2O2. The van der Waals surface area contributed by atoms with E-state index in [1.165, 1.54) is 6.07 Å². The van der Waals surface area contributed by atoms with Crippen LogP contribution in [0.15, 0.2) is 18.2 Å². The number of nitriles is 1. The Morgan fingerprint density at radius 3 is 2.88 bits per heavy atom. The number of phenolic OH excluding ortho intramolecular Hbond substituents is 1. The third-order valence-corrected chi connectivity index (χ3v) is 2.47. The Bertz CT molecular complexity index is 436. The third kappa shape index (κ3) is 4.15. The first-order valence-corrected chi connectivity index (χ1v) is 5.60. The van der Waals surface area contributed by atoms with Crippen LogP contribution in [0.5, 0.6) is 5.75 Å². The number of aromatic hydroxyl groups is 1. The summed E-state index contributed by atoms with van der Waals surface area (Å²) >= 11 is 0. The highest BCUT2D eigenvalue weighted by atomic mass is 16.3. The summed E-state index contributed by atoms with van der Waals surface area (Å²) in [4.78, 5) is 11.7. The zero-order valence-corrected chi connectivity index (χ0v) is 9.86. The van der Waals surface area contributed by atoms with Gasteiger partial charge in [-0.25, -0.2) is 0 Å². The van der Waals surface area contributed by atoms with Gasteiger partial charge in [-0.05, 0) is 37.5 Å². The molecule has 0 heterocycles. The van der Waals surface area contributed by atoms with E-state index in [9.17, 15) is 9.90 Å². The molecular weight excluding hydrogens is 216 g/mol. The second kappa shape index (κ2) is 6.54. The molecule has 2 N–H and O–H groups in total. The van der Waals surface area contributed by atoms with Gasteiger partial charge in [0, 0.05) is 18.5 Å². The predicted octanol–water partition coefficient (Wildman–Crippen LogP) is 2.12. The topological polar surface area (TPSA) is 73.1 Å². The number of amides is 1. The molecule has 0 aromatic heterocycles. The van der Waals surface area contributed by atoms with Gasteiger partial charge in [-0.1, -0.05) is 6.07 Å². The van der Waals surface area contributed by atoms with Gasteiger partial charge in [0.05, 0.1) is 6.07 Å². The van der Waals surface area contributed by atoms with E-state index >= 15 is 0 Å². The first-order valence-electron chi connectivity index (χ1n) is 5.60. The molecule has 0 aliphatic carbocycles. The highest BCUT2D eigenvalue weighted by Gasteiger charge is 2.06. The molecule has 90 valence electrons. The number of carbonyl (C=O) groups excluding carboxylic acids is 1. The number of carbonyl (C=O) groups is 1. The maximum absolute atomic E-state index is 11.7. The lowest BCUT2D eigenvalue weighted by atomic mass is 10.1. The van der Waals surface area contributed by atoms with Gasteiger partial charge in [-0.15, -0.1) is 0 Å². The van der Waals surface area contributed by atoms with Crippen molar-refractivity contribution in [2.75, 3.05) is 6.54 Å². The Labute approximate surface area is 101 Å². The minimum absolute atomic E-state index is 0.127. The van der Waals surface area contributed by atoms with Gasteiger partial charge in [0.1, 0.15) is 5.75 Å². The van der Waals surface area contributed by atoms with E-state index in [1.807, 2.05) is 0 Å². The molecule has 1 rings (SSSR count). The second-order valence-corrected chi connectivity index (χ2v) is 3.87. The zero-order valence-electron chi connectivity index (χ0n) is 9.86. The summed E-state index contributed by atoms with van der Waals surface area (Å²) in [6.07, 6.45) is 2.09. The Hall–Kier alpha value is -2.02. The number of nitrogens with one attached hydrogen (secondary N) is 1. The summed E-state index contributed by atoms with van der Waals surface area (Å²) < 4.78 is 0. The molecule has 0 bridgehead atoms. The number of benzene rings is 1. The Balaban J connectivity index is 2.42. The van der Waals surface area contributed by atoms with Crippen LogP contribution in [-0.2, 0) is 0 Å². The van der Waals surface area contributed by atoms with Gasteiger partial charge < -0.3 is 10.4 Å². The molecule has 0 fully saturated rings. The second-order valence-electron chi connectivity index (χ2n) is 3.87. The van der Waals surface area contributed by atoms with Crippen molar-refractivity contribution in [3.63, 3.8) is 0 Å². The molecule has 1 aromatic rings. The molecule has 0 unspecified atom stereocenters. The highest BCUT2D eigenvalue weighted by Crippen LogP contribution is 2.17. The van der Waals surface area contributed by atoms with Gasteiger partial charge in [0.25, 0.3) is 5.91 Å². The Morgan fingerprint density at radius 2 is 2.24 bits per heavy atom. The Kier molecular flexibility index (Phi) is 5.02. The van der Waals surface area contributed by atoms with E-state index in [0.717, 1.165) is 18.4 Å². The lowest BCUT2D eigenvalue weighted by Crippen LogP contribution is -2.24. The lowest BCUT2D eigenvalue weighted by Gasteiger charge is -2.05. The van der Waals surface area contributed by atoms with Gasteiger partial charge in [0.2, 0.25) is 0 Å². The number of hydrogen-bond acceptors (Lipinski definition) is 3. The minimum atomic E-state index is -0.197. The van der Waals surface area contributed by atoms with Gasteiger partial charge in [-0.3, -0.25) is 4.79 Å². The van der Waals surface area contributed by atoms with Crippen molar-refractivity contribution in [3.8, 4) is 11.8 Å².